The van der Waals surface area contributed by atoms with E-state index in [-0.39, 0.29) is 17.7 Å². The van der Waals surface area contributed by atoms with E-state index in [1.54, 1.807) is 4.90 Å². The van der Waals surface area contributed by atoms with Crippen LogP contribution in [0.2, 0.25) is 0 Å². The van der Waals surface area contributed by atoms with Gasteiger partial charge in [-0.2, -0.15) is 0 Å². The van der Waals surface area contributed by atoms with Gasteiger partial charge in [0.05, 0.1) is 5.69 Å². The standard InChI is InChI=1S/C22H24FN5O4S/c1-13-12-33-20(24-13)25-18(30)14-7-9-27(10-8-14)17(29)11-28-19(31)22(2,26-21(28)32)15-3-5-16(23)6-4-15/h3-6,12,14H,7-11H2,1-2H3,(H,26,32)(H,24,25,30). The lowest BCUT2D eigenvalue weighted by atomic mass is 9.92. The number of anilines is 1. The minimum Gasteiger partial charge on any atom is -0.341 e. The molecule has 2 aliphatic heterocycles. The van der Waals surface area contributed by atoms with E-state index in [9.17, 15) is 23.6 Å². The number of likely N-dealkylation sites (tertiary alicyclic amines) is 1. The zero-order chi connectivity index (χ0) is 23.8. The van der Waals surface area contributed by atoms with Crippen molar-refractivity contribution in [2.24, 2.45) is 5.92 Å². The molecular formula is C22H24FN5O4S. The van der Waals surface area contributed by atoms with Crippen LogP contribution in [-0.4, -0.2) is 58.2 Å². The minimum absolute atomic E-state index is 0.124. The second kappa shape index (κ2) is 8.89. The second-order valence-corrected chi connectivity index (χ2v) is 9.25. The van der Waals surface area contributed by atoms with Crippen molar-refractivity contribution < 1.29 is 23.6 Å². The van der Waals surface area contributed by atoms with Gasteiger partial charge in [-0.05, 0) is 44.4 Å². The molecule has 11 heteroatoms. The normalized spacial score (nSPS) is 21.3. The summed E-state index contributed by atoms with van der Waals surface area (Å²) in [5.74, 6) is -1.75. The largest absolute Gasteiger partial charge is 0.341 e. The van der Waals surface area contributed by atoms with Crippen molar-refractivity contribution in [1.82, 2.24) is 20.1 Å². The van der Waals surface area contributed by atoms with E-state index in [2.05, 4.69) is 15.6 Å². The van der Waals surface area contributed by atoms with Gasteiger partial charge >= 0.3 is 6.03 Å². The molecule has 2 aliphatic rings. The Kier molecular flexibility index (Phi) is 6.15. The third-order valence-electron chi connectivity index (χ3n) is 6.06. The molecule has 2 saturated heterocycles. The van der Waals surface area contributed by atoms with Crippen LogP contribution >= 0.6 is 11.3 Å². The second-order valence-electron chi connectivity index (χ2n) is 8.39. The fourth-order valence-electron chi connectivity index (χ4n) is 4.06. The summed E-state index contributed by atoms with van der Waals surface area (Å²) in [7, 11) is 0. The van der Waals surface area contributed by atoms with Gasteiger partial charge < -0.3 is 15.5 Å². The topological polar surface area (TPSA) is 112 Å². The number of hydrogen-bond acceptors (Lipinski definition) is 6. The number of benzene rings is 1. The van der Waals surface area contributed by atoms with E-state index < -0.39 is 29.8 Å². The maximum atomic E-state index is 13.3. The molecule has 0 saturated carbocycles. The molecule has 1 aromatic heterocycles. The van der Waals surface area contributed by atoms with Crippen molar-refractivity contribution in [1.29, 1.82) is 0 Å². The summed E-state index contributed by atoms with van der Waals surface area (Å²) < 4.78 is 13.3. The molecule has 4 rings (SSSR count). The van der Waals surface area contributed by atoms with Crippen LogP contribution in [-0.2, 0) is 19.9 Å². The summed E-state index contributed by atoms with van der Waals surface area (Å²) in [6, 6.07) is 4.62. The first-order valence-corrected chi connectivity index (χ1v) is 11.5. The van der Waals surface area contributed by atoms with Gasteiger partial charge in [-0.15, -0.1) is 11.3 Å². The molecule has 0 spiro atoms. The molecule has 1 atom stereocenters. The molecule has 3 heterocycles. The number of carbonyl (C=O) groups excluding carboxylic acids is 4. The monoisotopic (exact) mass is 473 g/mol. The molecule has 2 fully saturated rings. The number of nitrogens with one attached hydrogen (secondary N) is 2. The zero-order valence-electron chi connectivity index (χ0n) is 18.3. The van der Waals surface area contributed by atoms with Crippen molar-refractivity contribution >= 4 is 40.2 Å². The summed E-state index contributed by atoms with van der Waals surface area (Å²) in [5, 5.41) is 7.83. The van der Waals surface area contributed by atoms with Gasteiger partial charge in [0.25, 0.3) is 5.91 Å². The number of thiazole rings is 1. The molecule has 33 heavy (non-hydrogen) atoms. The molecule has 5 amide bonds. The first-order chi connectivity index (χ1) is 15.7. The number of rotatable bonds is 5. The molecule has 9 nitrogen and oxygen atoms in total. The average molecular weight is 474 g/mol. The Hall–Kier alpha value is -3.34. The number of imide groups is 1. The molecule has 1 unspecified atom stereocenters. The SMILES string of the molecule is Cc1csc(NC(=O)C2CCN(C(=O)CN3C(=O)NC(C)(c4ccc(F)cc4)C3=O)CC2)n1. The van der Waals surface area contributed by atoms with Gasteiger partial charge in [0.15, 0.2) is 5.13 Å². The fraction of sp³-hybridized carbons (Fsp3) is 0.409. The molecule has 0 bridgehead atoms. The molecule has 1 aromatic carbocycles. The Morgan fingerprint density at radius 2 is 1.91 bits per heavy atom. The van der Waals surface area contributed by atoms with Gasteiger partial charge in [-0.25, -0.2) is 14.2 Å². The summed E-state index contributed by atoms with van der Waals surface area (Å²) in [6.45, 7) is 3.69. The lowest BCUT2D eigenvalue weighted by Gasteiger charge is -2.32. The summed E-state index contributed by atoms with van der Waals surface area (Å²) >= 11 is 1.36. The predicted octanol–water partition coefficient (Wildman–Crippen LogP) is 2.23. The highest BCUT2D eigenvalue weighted by molar-refractivity contribution is 7.13. The summed E-state index contributed by atoms with van der Waals surface area (Å²) in [4.78, 5) is 57.4. The highest BCUT2D eigenvalue weighted by Crippen LogP contribution is 2.29. The number of carbonyl (C=O) groups is 4. The number of piperidine rings is 1. The van der Waals surface area contributed by atoms with E-state index in [0.29, 0.717) is 36.6 Å². The highest BCUT2D eigenvalue weighted by Gasteiger charge is 2.49. The number of amides is 5. The first kappa shape index (κ1) is 22.8. The average Bonchev–Trinajstić information content (AvgIpc) is 3.30. The minimum atomic E-state index is -1.37. The van der Waals surface area contributed by atoms with Gasteiger partial charge in [-0.1, -0.05) is 12.1 Å². The molecule has 0 radical (unpaired) electrons. The Morgan fingerprint density at radius 3 is 2.52 bits per heavy atom. The van der Waals surface area contributed by atoms with Crippen LogP contribution in [0.15, 0.2) is 29.6 Å². The number of nitrogens with zero attached hydrogens (tertiary/aromatic N) is 3. The maximum absolute atomic E-state index is 13.3. The van der Waals surface area contributed by atoms with Crippen LogP contribution in [0.4, 0.5) is 14.3 Å². The number of halogens is 1. The van der Waals surface area contributed by atoms with Crippen LogP contribution in [0, 0.1) is 18.7 Å². The van der Waals surface area contributed by atoms with E-state index in [1.807, 2.05) is 12.3 Å². The molecule has 174 valence electrons. The van der Waals surface area contributed by atoms with Crippen LogP contribution < -0.4 is 10.6 Å². The molecule has 2 N–H and O–H groups in total. The summed E-state index contributed by atoms with van der Waals surface area (Å²) in [5.41, 5.74) is -0.101. The van der Waals surface area contributed by atoms with Crippen LogP contribution in [0.5, 0.6) is 0 Å². The van der Waals surface area contributed by atoms with E-state index in [0.717, 1.165) is 10.6 Å². The lowest BCUT2D eigenvalue weighted by Crippen LogP contribution is -2.47. The van der Waals surface area contributed by atoms with E-state index in [4.69, 9.17) is 0 Å². The fourth-order valence-corrected chi connectivity index (χ4v) is 4.76. The highest BCUT2D eigenvalue weighted by atomic mass is 32.1. The van der Waals surface area contributed by atoms with E-state index >= 15 is 0 Å². The van der Waals surface area contributed by atoms with Gasteiger partial charge in [0.1, 0.15) is 17.9 Å². The van der Waals surface area contributed by atoms with Crippen molar-refractivity contribution in [3.05, 3.63) is 46.7 Å². The lowest BCUT2D eigenvalue weighted by molar-refractivity contribution is -0.140. The van der Waals surface area contributed by atoms with E-state index in [1.165, 1.54) is 42.5 Å². The van der Waals surface area contributed by atoms with Crippen molar-refractivity contribution in [3.8, 4) is 0 Å². The summed E-state index contributed by atoms with van der Waals surface area (Å²) in [6.07, 6.45) is 0.963. The number of urea groups is 1. The Balaban J connectivity index is 1.33. The van der Waals surface area contributed by atoms with Gasteiger partial charge in [0, 0.05) is 24.4 Å². The molecular weight excluding hydrogens is 449 g/mol. The van der Waals surface area contributed by atoms with Gasteiger partial charge in [0.2, 0.25) is 11.8 Å². The van der Waals surface area contributed by atoms with Crippen LogP contribution in [0.1, 0.15) is 31.0 Å². The molecule has 0 aliphatic carbocycles. The third-order valence-corrected chi connectivity index (χ3v) is 6.93. The zero-order valence-corrected chi connectivity index (χ0v) is 19.1. The first-order valence-electron chi connectivity index (χ1n) is 10.6. The Labute approximate surface area is 194 Å². The maximum Gasteiger partial charge on any atom is 0.325 e. The van der Waals surface area contributed by atoms with Crippen LogP contribution in [0.3, 0.4) is 0 Å². The Bertz CT molecular complexity index is 1100. The third kappa shape index (κ3) is 4.58. The molecule has 2 aromatic rings. The number of hydrogen-bond donors (Lipinski definition) is 2. The van der Waals surface area contributed by atoms with Crippen LogP contribution in [0.25, 0.3) is 0 Å². The van der Waals surface area contributed by atoms with Crippen molar-refractivity contribution in [3.63, 3.8) is 0 Å². The van der Waals surface area contributed by atoms with Crippen molar-refractivity contribution in [2.45, 2.75) is 32.2 Å². The van der Waals surface area contributed by atoms with Gasteiger partial charge in [-0.3, -0.25) is 19.3 Å². The van der Waals surface area contributed by atoms with Crippen molar-refractivity contribution in [2.75, 3.05) is 25.0 Å². The Morgan fingerprint density at radius 1 is 1.24 bits per heavy atom. The quantitative estimate of drug-likeness (QED) is 0.647. The number of aromatic nitrogens is 1. The number of aryl methyl sites for hydroxylation is 1. The predicted molar refractivity (Wildman–Crippen MR) is 119 cm³/mol. The smallest absolute Gasteiger partial charge is 0.325 e.